The number of hydrogen-bond donors (Lipinski definition) is 1. The number of morpholine rings is 1. The number of hydrogen-bond acceptors (Lipinski definition) is 6. The van der Waals surface area contributed by atoms with Crippen LogP contribution < -0.4 is 10.2 Å². The van der Waals surface area contributed by atoms with Crippen molar-refractivity contribution in [2.24, 2.45) is 7.05 Å². The third-order valence-electron chi connectivity index (χ3n) is 6.60. The molecule has 2 aliphatic rings. The van der Waals surface area contributed by atoms with Gasteiger partial charge in [-0.1, -0.05) is 12.1 Å². The van der Waals surface area contributed by atoms with Crippen molar-refractivity contribution in [3.63, 3.8) is 0 Å². The lowest BCUT2D eigenvalue weighted by Crippen LogP contribution is -2.42. The highest BCUT2D eigenvalue weighted by Gasteiger charge is 2.31. The predicted octanol–water partition coefficient (Wildman–Crippen LogP) is 0.940. The molecule has 0 atom stereocenters. The molecule has 0 aliphatic carbocycles. The molecule has 10 nitrogen and oxygen atoms in total. The largest absolute Gasteiger partial charge is 0.378 e. The van der Waals surface area contributed by atoms with E-state index >= 15 is 0 Å². The number of nitrogens with zero attached hydrogens (tertiary/aromatic N) is 5. The van der Waals surface area contributed by atoms with E-state index in [0.717, 1.165) is 22.5 Å². The third kappa shape index (κ3) is 5.82. The molecular formula is C25H34N6O4. The van der Waals surface area contributed by atoms with E-state index in [1.54, 1.807) is 14.5 Å². The summed E-state index contributed by atoms with van der Waals surface area (Å²) in [6.45, 7) is 3.45. The summed E-state index contributed by atoms with van der Waals surface area (Å²) in [6.07, 6.45) is 0.897. The van der Waals surface area contributed by atoms with Gasteiger partial charge in [0.25, 0.3) is 5.91 Å². The van der Waals surface area contributed by atoms with Gasteiger partial charge < -0.3 is 24.8 Å². The van der Waals surface area contributed by atoms with E-state index in [-0.39, 0.29) is 30.6 Å². The number of benzene rings is 1. The number of carbonyl (C=O) groups excluding carboxylic acids is 3. The Labute approximate surface area is 205 Å². The van der Waals surface area contributed by atoms with Crippen LogP contribution in [0.1, 0.15) is 40.2 Å². The van der Waals surface area contributed by atoms with Gasteiger partial charge in [0.05, 0.1) is 13.2 Å². The molecule has 2 aromatic rings. The van der Waals surface area contributed by atoms with Crippen LogP contribution in [-0.4, -0.2) is 84.2 Å². The summed E-state index contributed by atoms with van der Waals surface area (Å²) >= 11 is 0. The standard InChI is InChI=1S/C25H34N6O4/c1-28(2)19-6-4-18(5-7-19)16-26-22(32)8-9-23(33)31-11-10-21-20(17-31)24(27-29(21)3)25(34)30-12-14-35-15-13-30/h4-7H,8-17H2,1-3H3,(H,26,32). The van der Waals surface area contributed by atoms with Gasteiger partial charge in [-0.15, -0.1) is 0 Å². The first kappa shape index (κ1) is 24.7. The van der Waals surface area contributed by atoms with E-state index in [4.69, 9.17) is 4.74 Å². The number of anilines is 1. The van der Waals surface area contributed by atoms with Crippen molar-refractivity contribution in [3.8, 4) is 0 Å². The van der Waals surface area contributed by atoms with Crippen LogP contribution in [0.2, 0.25) is 0 Å². The minimum absolute atomic E-state index is 0.0882. The molecule has 1 aromatic heterocycles. The zero-order chi connectivity index (χ0) is 24.9. The molecule has 188 valence electrons. The normalized spacial score (nSPS) is 15.5. The monoisotopic (exact) mass is 482 g/mol. The van der Waals surface area contributed by atoms with E-state index in [0.29, 0.717) is 58.1 Å². The second kappa shape index (κ2) is 10.9. The maximum absolute atomic E-state index is 13.1. The Morgan fingerprint density at radius 1 is 1.03 bits per heavy atom. The molecule has 0 bridgehead atoms. The van der Waals surface area contributed by atoms with Gasteiger partial charge in [0, 0.05) is 90.1 Å². The van der Waals surface area contributed by atoms with Crippen molar-refractivity contribution in [1.82, 2.24) is 24.9 Å². The molecule has 10 heteroatoms. The van der Waals surface area contributed by atoms with Crippen LogP contribution in [0, 0.1) is 0 Å². The number of fused-ring (bicyclic) bond motifs is 1. The predicted molar refractivity (Wildman–Crippen MR) is 131 cm³/mol. The highest BCUT2D eigenvalue weighted by atomic mass is 16.5. The van der Waals surface area contributed by atoms with Crippen molar-refractivity contribution < 1.29 is 19.1 Å². The Morgan fingerprint density at radius 2 is 1.74 bits per heavy atom. The van der Waals surface area contributed by atoms with E-state index in [9.17, 15) is 14.4 Å². The first-order valence-corrected chi connectivity index (χ1v) is 12.1. The summed E-state index contributed by atoms with van der Waals surface area (Å²) in [5, 5.41) is 7.37. The second-order valence-corrected chi connectivity index (χ2v) is 9.20. The SMILES string of the molecule is CN(C)c1ccc(CNC(=O)CCC(=O)N2CCc3c(c(C(=O)N4CCOCC4)nn3C)C2)cc1. The summed E-state index contributed by atoms with van der Waals surface area (Å²) in [6, 6.07) is 7.98. The summed E-state index contributed by atoms with van der Waals surface area (Å²) < 4.78 is 7.10. The number of aromatic nitrogens is 2. The molecule has 1 saturated heterocycles. The number of carbonyl (C=O) groups is 3. The van der Waals surface area contributed by atoms with E-state index in [2.05, 4.69) is 10.4 Å². The molecule has 0 radical (unpaired) electrons. The number of ether oxygens (including phenoxy) is 1. The molecule has 1 aromatic carbocycles. The topological polar surface area (TPSA) is 100 Å². The second-order valence-electron chi connectivity index (χ2n) is 9.20. The highest BCUT2D eigenvalue weighted by Crippen LogP contribution is 2.24. The molecule has 2 aliphatic heterocycles. The molecular weight excluding hydrogens is 448 g/mol. The lowest BCUT2D eigenvalue weighted by molar-refractivity contribution is -0.134. The van der Waals surface area contributed by atoms with Gasteiger partial charge >= 0.3 is 0 Å². The lowest BCUT2D eigenvalue weighted by Gasteiger charge is -2.29. The molecule has 3 heterocycles. The van der Waals surface area contributed by atoms with Gasteiger partial charge in [0.1, 0.15) is 0 Å². The van der Waals surface area contributed by atoms with Crippen molar-refractivity contribution in [3.05, 3.63) is 46.8 Å². The van der Waals surface area contributed by atoms with Crippen LogP contribution in [0.5, 0.6) is 0 Å². The fraction of sp³-hybridized carbons (Fsp3) is 0.520. The van der Waals surface area contributed by atoms with Crippen molar-refractivity contribution in [1.29, 1.82) is 0 Å². The van der Waals surface area contributed by atoms with Crippen molar-refractivity contribution >= 4 is 23.4 Å². The Hall–Kier alpha value is -3.40. The van der Waals surface area contributed by atoms with Crippen molar-refractivity contribution in [2.75, 3.05) is 51.8 Å². The van der Waals surface area contributed by atoms with Crippen LogP contribution in [0.4, 0.5) is 5.69 Å². The first-order valence-electron chi connectivity index (χ1n) is 12.1. The number of amides is 3. The van der Waals surface area contributed by atoms with Crippen LogP contribution in [0.15, 0.2) is 24.3 Å². The maximum Gasteiger partial charge on any atom is 0.274 e. The molecule has 0 spiro atoms. The minimum Gasteiger partial charge on any atom is -0.378 e. The molecule has 1 fully saturated rings. The minimum atomic E-state index is -0.155. The Morgan fingerprint density at radius 3 is 2.43 bits per heavy atom. The van der Waals surface area contributed by atoms with Crippen LogP contribution >= 0.6 is 0 Å². The van der Waals surface area contributed by atoms with Gasteiger partial charge in [0.2, 0.25) is 11.8 Å². The first-order chi connectivity index (χ1) is 16.8. The Kier molecular flexibility index (Phi) is 7.70. The number of aryl methyl sites for hydroxylation is 1. The molecule has 0 unspecified atom stereocenters. The zero-order valence-electron chi connectivity index (χ0n) is 20.7. The van der Waals surface area contributed by atoms with Gasteiger partial charge in [-0.3, -0.25) is 19.1 Å². The summed E-state index contributed by atoms with van der Waals surface area (Å²) in [7, 11) is 5.80. The molecule has 1 N–H and O–H groups in total. The van der Waals surface area contributed by atoms with E-state index in [1.807, 2.05) is 50.3 Å². The highest BCUT2D eigenvalue weighted by molar-refractivity contribution is 5.94. The molecule has 4 rings (SSSR count). The third-order valence-corrected chi connectivity index (χ3v) is 6.60. The fourth-order valence-electron chi connectivity index (χ4n) is 4.47. The van der Waals surface area contributed by atoms with Crippen LogP contribution in [0.3, 0.4) is 0 Å². The fourth-order valence-corrected chi connectivity index (χ4v) is 4.47. The number of rotatable bonds is 7. The lowest BCUT2D eigenvalue weighted by atomic mass is 10.0. The summed E-state index contributed by atoms with van der Waals surface area (Å²) in [4.78, 5) is 43.8. The van der Waals surface area contributed by atoms with Crippen LogP contribution in [-0.2, 0) is 40.9 Å². The van der Waals surface area contributed by atoms with Gasteiger partial charge in [-0.2, -0.15) is 5.10 Å². The molecule has 3 amide bonds. The molecule has 0 saturated carbocycles. The average Bonchev–Trinajstić information content (AvgIpc) is 3.21. The van der Waals surface area contributed by atoms with Crippen LogP contribution in [0.25, 0.3) is 0 Å². The summed E-state index contributed by atoms with van der Waals surface area (Å²) in [5.74, 6) is -0.357. The number of nitrogens with one attached hydrogen (secondary N) is 1. The van der Waals surface area contributed by atoms with Crippen molar-refractivity contribution in [2.45, 2.75) is 32.4 Å². The molecule has 35 heavy (non-hydrogen) atoms. The van der Waals surface area contributed by atoms with Gasteiger partial charge in [-0.25, -0.2) is 0 Å². The Balaban J connectivity index is 1.29. The van der Waals surface area contributed by atoms with Gasteiger partial charge in [0.15, 0.2) is 5.69 Å². The average molecular weight is 483 g/mol. The Bertz CT molecular complexity index is 1070. The van der Waals surface area contributed by atoms with E-state index in [1.165, 1.54) is 0 Å². The van der Waals surface area contributed by atoms with Gasteiger partial charge in [-0.05, 0) is 17.7 Å². The zero-order valence-corrected chi connectivity index (χ0v) is 20.7. The maximum atomic E-state index is 13.1. The van der Waals surface area contributed by atoms with E-state index < -0.39 is 0 Å². The smallest absolute Gasteiger partial charge is 0.274 e. The quantitative estimate of drug-likeness (QED) is 0.631. The summed E-state index contributed by atoms with van der Waals surface area (Å²) in [5.41, 5.74) is 4.32.